The number of hydrogen-bond donors (Lipinski definition) is 1. The second kappa shape index (κ2) is 14.0. The molecule has 1 aliphatic rings. The quantitative estimate of drug-likeness (QED) is 0.247. The average Bonchev–Trinajstić information content (AvgIpc) is 3.03. The first-order chi connectivity index (χ1) is 22.0. The summed E-state index contributed by atoms with van der Waals surface area (Å²) in [7, 11) is 3.76. The molecule has 3 aromatic carbocycles. The van der Waals surface area contributed by atoms with Crippen molar-refractivity contribution in [1.82, 2.24) is 14.5 Å². The fraction of sp³-hybridized carbons (Fsp3) is 0.333. The zero-order valence-corrected chi connectivity index (χ0v) is 25.5. The van der Waals surface area contributed by atoms with E-state index in [-0.39, 0.29) is 41.4 Å². The van der Waals surface area contributed by atoms with Crippen LogP contribution in [0.3, 0.4) is 0 Å². The highest BCUT2D eigenvalue weighted by Gasteiger charge is 2.30. The van der Waals surface area contributed by atoms with Gasteiger partial charge in [-0.2, -0.15) is 13.2 Å². The third-order valence-electron chi connectivity index (χ3n) is 7.56. The summed E-state index contributed by atoms with van der Waals surface area (Å²) >= 11 is 0. The Kier molecular flexibility index (Phi) is 9.90. The summed E-state index contributed by atoms with van der Waals surface area (Å²) in [4.78, 5) is 47.3. The number of fused-ring (bicyclic) bond motifs is 1. The molecule has 10 nitrogen and oxygen atoms in total. The van der Waals surface area contributed by atoms with E-state index in [1.165, 1.54) is 35.2 Å². The molecule has 4 aromatic rings. The lowest BCUT2D eigenvalue weighted by molar-refractivity contribution is -0.137. The fourth-order valence-electron chi connectivity index (χ4n) is 5.06. The number of carbonyl (C=O) groups excluding carboxylic acids is 2. The van der Waals surface area contributed by atoms with Crippen LogP contribution in [0.4, 0.5) is 24.5 Å². The van der Waals surface area contributed by atoms with Gasteiger partial charge in [-0.3, -0.25) is 19.0 Å². The van der Waals surface area contributed by atoms with Crippen molar-refractivity contribution in [2.75, 3.05) is 44.0 Å². The number of aromatic nitrogens is 2. The smallest absolute Gasteiger partial charge is 0.416 e. The summed E-state index contributed by atoms with van der Waals surface area (Å²) < 4.78 is 51.4. The molecule has 0 atom stereocenters. The zero-order chi connectivity index (χ0) is 32.8. The lowest BCUT2D eigenvalue weighted by Gasteiger charge is -2.26. The van der Waals surface area contributed by atoms with Crippen molar-refractivity contribution < 1.29 is 32.2 Å². The maximum Gasteiger partial charge on any atom is 0.416 e. The summed E-state index contributed by atoms with van der Waals surface area (Å²) in [6.45, 7) is 0.701. The van der Waals surface area contributed by atoms with Gasteiger partial charge >= 0.3 is 6.18 Å². The first-order valence-electron chi connectivity index (χ1n) is 14.8. The SMILES string of the molecule is CN(C)c1cccc(Oc2cc3c(=O)n(CC(=O)N4CCCCC4)cnc3cc2NC(=O)COCc2ccc(C(F)(F)F)cc2)c1. The van der Waals surface area contributed by atoms with Crippen LogP contribution < -0.4 is 20.5 Å². The van der Waals surface area contributed by atoms with Gasteiger partial charge in [0.15, 0.2) is 5.75 Å². The number of anilines is 2. The normalized spacial score (nSPS) is 13.5. The monoisotopic (exact) mass is 637 g/mol. The van der Waals surface area contributed by atoms with E-state index in [1.54, 1.807) is 23.1 Å². The average molecular weight is 638 g/mol. The van der Waals surface area contributed by atoms with Crippen LogP contribution in [-0.4, -0.2) is 60.1 Å². The molecule has 1 aromatic heterocycles. The lowest BCUT2D eigenvalue weighted by Crippen LogP contribution is -2.39. The van der Waals surface area contributed by atoms with Gasteiger partial charge in [-0.1, -0.05) is 18.2 Å². The van der Waals surface area contributed by atoms with Gasteiger partial charge in [-0.25, -0.2) is 4.98 Å². The van der Waals surface area contributed by atoms with Crippen molar-refractivity contribution in [3.05, 3.63) is 88.5 Å². The van der Waals surface area contributed by atoms with E-state index in [0.717, 1.165) is 37.1 Å². The Balaban J connectivity index is 1.37. The van der Waals surface area contributed by atoms with Gasteiger partial charge in [0, 0.05) is 38.9 Å². The highest BCUT2D eigenvalue weighted by atomic mass is 19.4. The number of hydrogen-bond acceptors (Lipinski definition) is 7. The van der Waals surface area contributed by atoms with Crippen molar-refractivity contribution in [3.8, 4) is 11.5 Å². The lowest BCUT2D eigenvalue weighted by atomic mass is 10.1. The maximum atomic E-state index is 13.5. The van der Waals surface area contributed by atoms with Gasteiger partial charge < -0.3 is 24.6 Å². The van der Waals surface area contributed by atoms with E-state index in [1.807, 2.05) is 25.1 Å². The minimum atomic E-state index is -4.45. The largest absolute Gasteiger partial charge is 0.455 e. The van der Waals surface area contributed by atoms with E-state index >= 15 is 0 Å². The Hall–Kier alpha value is -4.91. The van der Waals surface area contributed by atoms with Gasteiger partial charge in [0.25, 0.3) is 5.56 Å². The second-order valence-electron chi connectivity index (χ2n) is 11.2. The third-order valence-corrected chi connectivity index (χ3v) is 7.56. The number of benzene rings is 3. The van der Waals surface area contributed by atoms with Gasteiger partial charge in [0.05, 0.1) is 35.1 Å². The molecule has 1 fully saturated rings. The van der Waals surface area contributed by atoms with Crippen molar-refractivity contribution in [2.24, 2.45) is 0 Å². The number of ether oxygens (including phenoxy) is 2. The number of alkyl halides is 3. The highest BCUT2D eigenvalue weighted by Crippen LogP contribution is 2.34. The van der Waals surface area contributed by atoms with Crippen LogP contribution in [0.25, 0.3) is 10.9 Å². The number of piperidine rings is 1. The van der Waals surface area contributed by atoms with Crippen molar-refractivity contribution in [2.45, 2.75) is 38.6 Å². The highest BCUT2D eigenvalue weighted by molar-refractivity contribution is 5.96. The Morgan fingerprint density at radius 2 is 1.74 bits per heavy atom. The van der Waals surface area contributed by atoms with E-state index in [4.69, 9.17) is 9.47 Å². The van der Waals surface area contributed by atoms with Gasteiger partial charge in [0.1, 0.15) is 18.9 Å². The Morgan fingerprint density at radius 3 is 2.43 bits per heavy atom. The number of amides is 2. The second-order valence-corrected chi connectivity index (χ2v) is 11.2. The molecule has 46 heavy (non-hydrogen) atoms. The molecule has 242 valence electrons. The molecule has 1 aliphatic heterocycles. The minimum Gasteiger partial charge on any atom is -0.455 e. The van der Waals surface area contributed by atoms with Crippen molar-refractivity contribution >= 4 is 34.1 Å². The van der Waals surface area contributed by atoms with Crippen LogP contribution in [0.2, 0.25) is 0 Å². The molecule has 1 saturated heterocycles. The molecule has 0 unspecified atom stereocenters. The molecular weight excluding hydrogens is 603 g/mol. The van der Waals surface area contributed by atoms with E-state index < -0.39 is 29.8 Å². The number of nitrogens with one attached hydrogen (secondary N) is 1. The van der Waals surface area contributed by atoms with Crippen LogP contribution in [-0.2, 0) is 33.7 Å². The predicted octanol–water partition coefficient (Wildman–Crippen LogP) is 5.44. The molecule has 2 heterocycles. The van der Waals surface area contributed by atoms with Gasteiger partial charge in [0.2, 0.25) is 11.8 Å². The first kappa shape index (κ1) is 32.5. The van der Waals surface area contributed by atoms with Crippen LogP contribution in [0.5, 0.6) is 11.5 Å². The fourth-order valence-corrected chi connectivity index (χ4v) is 5.06. The number of carbonyl (C=O) groups is 2. The Labute approximate surface area is 263 Å². The molecule has 2 amide bonds. The number of likely N-dealkylation sites (tertiary alicyclic amines) is 1. The summed E-state index contributed by atoms with van der Waals surface area (Å²) in [6.07, 6.45) is -0.195. The molecule has 0 radical (unpaired) electrons. The van der Waals surface area contributed by atoms with Crippen LogP contribution >= 0.6 is 0 Å². The van der Waals surface area contributed by atoms with Gasteiger partial charge in [-0.05, 0) is 61.2 Å². The van der Waals surface area contributed by atoms with E-state index in [9.17, 15) is 27.6 Å². The Bertz CT molecular complexity index is 1770. The summed E-state index contributed by atoms with van der Waals surface area (Å²) in [5.41, 5.74) is 0.626. The molecule has 0 spiro atoms. The molecular formula is C33H34F3N5O5. The summed E-state index contributed by atoms with van der Waals surface area (Å²) in [5.74, 6) is -0.0960. The van der Waals surface area contributed by atoms with Crippen LogP contribution in [0.1, 0.15) is 30.4 Å². The van der Waals surface area contributed by atoms with Gasteiger partial charge in [-0.15, -0.1) is 0 Å². The van der Waals surface area contributed by atoms with Crippen LogP contribution in [0, 0.1) is 0 Å². The minimum absolute atomic E-state index is 0.0821. The van der Waals surface area contributed by atoms with E-state index in [0.29, 0.717) is 24.4 Å². The van der Waals surface area contributed by atoms with Crippen molar-refractivity contribution in [3.63, 3.8) is 0 Å². The number of halogens is 3. The van der Waals surface area contributed by atoms with E-state index in [2.05, 4.69) is 10.3 Å². The van der Waals surface area contributed by atoms with Crippen molar-refractivity contribution in [1.29, 1.82) is 0 Å². The first-order valence-corrected chi connectivity index (χ1v) is 14.8. The third kappa shape index (κ3) is 8.02. The Morgan fingerprint density at radius 1 is 1.00 bits per heavy atom. The zero-order valence-electron chi connectivity index (χ0n) is 25.5. The standard InChI is InChI=1S/C33H34F3N5O5/c1-39(2)24-7-6-8-25(15-24)46-29-16-26-27(37-21-41(32(26)44)18-31(43)40-13-4-3-5-14-40)17-28(29)38-30(42)20-45-19-22-9-11-23(12-10-22)33(34,35)36/h6-12,15-17,21H,3-5,13-14,18-20H2,1-2H3,(H,38,42). The van der Waals surface area contributed by atoms with Crippen LogP contribution in [0.15, 0.2) is 71.8 Å². The summed E-state index contributed by atoms with van der Waals surface area (Å²) in [6, 6.07) is 14.7. The molecule has 13 heteroatoms. The topological polar surface area (TPSA) is 106 Å². The molecule has 0 aliphatic carbocycles. The maximum absolute atomic E-state index is 13.5. The molecule has 0 saturated carbocycles. The molecule has 1 N–H and O–H groups in total. The molecule has 5 rings (SSSR count). The predicted molar refractivity (Wildman–Crippen MR) is 167 cm³/mol. The number of nitrogens with zero attached hydrogens (tertiary/aromatic N) is 4. The summed E-state index contributed by atoms with van der Waals surface area (Å²) in [5, 5.41) is 2.93. The molecule has 0 bridgehead atoms. The number of rotatable bonds is 10.